The fourth-order valence-corrected chi connectivity index (χ4v) is 1.03. The number of hydrogen-bond acceptors (Lipinski definition) is 5. The minimum absolute atomic E-state index is 0.0838. The van der Waals surface area contributed by atoms with Crippen LogP contribution in [-0.2, 0) is 4.79 Å². The standard InChI is InChI=1S/C10H11NO4/c12-9(13)5-6-11-8-3-1-7(2-4-8)10(14)15/h1-4,11H,5-6H2,(H,12,13)(H,14,15)/p-2. The predicted octanol–water partition coefficient (Wildman–Crippen LogP) is -1.40. The Morgan fingerprint density at radius 2 is 1.73 bits per heavy atom. The zero-order chi connectivity index (χ0) is 11.3. The summed E-state index contributed by atoms with van der Waals surface area (Å²) in [6.45, 7) is 0.243. The third-order valence-electron chi connectivity index (χ3n) is 1.78. The van der Waals surface area contributed by atoms with Gasteiger partial charge in [0, 0.05) is 24.6 Å². The summed E-state index contributed by atoms with van der Waals surface area (Å²) in [5, 5.41) is 23.3. The Balaban J connectivity index is 2.50. The van der Waals surface area contributed by atoms with E-state index in [2.05, 4.69) is 5.32 Å². The first-order chi connectivity index (χ1) is 7.09. The van der Waals surface area contributed by atoms with E-state index in [0.717, 1.165) is 0 Å². The second-order valence-electron chi connectivity index (χ2n) is 2.91. The van der Waals surface area contributed by atoms with Gasteiger partial charge in [-0.3, -0.25) is 0 Å². The molecule has 0 spiro atoms. The number of carboxylic acids is 2. The van der Waals surface area contributed by atoms with E-state index < -0.39 is 11.9 Å². The Morgan fingerprint density at radius 1 is 1.13 bits per heavy atom. The minimum atomic E-state index is -1.24. The molecule has 5 nitrogen and oxygen atoms in total. The number of carbonyl (C=O) groups excluding carboxylic acids is 2. The highest BCUT2D eigenvalue weighted by molar-refractivity contribution is 5.86. The maximum atomic E-state index is 10.4. The van der Waals surface area contributed by atoms with Crippen molar-refractivity contribution in [3.8, 4) is 0 Å². The number of carboxylic acid groups (broad SMARTS) is 2. The quantitative estimate of drug-likeness (QED) is 0.641. The van der Waals surface area contributed by atoms with E-state index in [1.807, 2.05) is 0 Å². The molecule has 1 N–H and O–H groups in total. The van der Waals surface area contributed by atoms with E-state index in [-0.39, 0.29) is 18.5 Å². The highest BCUT2D eigenvalue weighted by Gasteiger charge is 1.94. The van der Waals surface area contributed by atoms with Gasteiger partial charge in [0.05, 0.1) is 5.97 Å². The number of anilines is 1. The van der Waals surface area contributed by atoms with Gasteiger partial charge < -0.3 is 25.1 Å². The summed E-state index contributed by atoms with van der Waals surface area (Å²) in [5.74, 6) is -2.37. The second-order valence-corrected chi connectivity index (χ2v) is 2.91. The Bertz CT molecular complexity index is 358. The van der Waals surface area contributed by atoms with Gasteiger partial charge >= 0.3 is 0 Å². The number of carbonyl (C=O) groups is 2. The fraction of sp³-hybridized carbons (Fsp3) is 0.200. The zero-order valence-corrected chi connectivity index (χ0v) is 7.86. The van der Waals surface area contributed by atoms with Crippen molar-refractivity contribution in [2.75, 3.05) is 11.9 Å². The first-order valence-electron chi connectivity index (χ1n) is 4.34. The highest BCUT2D eigenvalue weighted by atomic mass is 16.4. The van der Waals surface area contributed by atoms with Crippen molar-refractivity contribution in [2.24, 2.45) is 0 Å². The van der Waals surface area contributed by atoms with E-state index in [1.54, 1.807) is 12.1 Å². The lowest BCUT2D eigenvalue weighted by Crippen LogP contribution is -2.24. The number of aromatic carboxylic acids is 1. The van der Waals surface area contributed by atoms with E-state index in [0.29, 0.717) is 5.69 Å². The number of benzene rings is 1. The van der Waals surface area contributed by atoms with Gasteiger partial charge in [-0.05, 0) is 17.7 Å². The van der Waals surface area contributed by atoms with Gasteiger partial charge in [0.15, 0.2) is 0 Å². The molecule has 0 aromatic heterocycles. The van der Waals surface area contributed by atoms with Crippen LogP contribution in [0.2, 0.25) is 0 Å². The molecule has 0 saturated heterocycles. The molecule has 0 fully saturated rings. The van der Waals surface area contributed by atoms with E-state index >= 15 is 0 Å². The van der Waals surface area contributed by atoms with Gasteiger partial charge in [-0.25, -0.2) is 0 Å². The largest absolute Gasteiger partial charge is 0.550 e. The summed E-state index contributed by atoms with van der Waals surface area (Å²) in [6, 6.07) is 5.86. The van der Waals surface area contributed by atoms with Crippen molar-refractivity contribution in [2.45, 2.75) is 6.42 Å². The van der Waals surface area contributed by atoms with E-state index in [1.165, 1.54) is 12.1 Å². The molecule has 0 heterocycles. The summed E-state index contributed by atoms with van der Waals surface area (Å²) in [6.07, 6.45) is -0.0950. The molecule has 0 aliphatic rings. The molecule has 0 atom stereocenters. The summed E-state index contributed by atoms with van der Waals surface area (Å²) in [7, 11) is 0. The number of aliphatic carboxylic acids is 1. The normalized spacial score (nSPS) is 9.60. The van der Waals surface area contributed by atoms with Crippen LogP contribution in [0, 0.1) is 0 Å². The summed E-state index contributed by atoms with van der Waals surface area (Å²) >= 11 is 0. The van der Waals surface area contributed by atoms with Crippen molar-refractivity contribution in [1.29, 1.82) is 0 Å². The monoisotopic (exact) mass is 207 g/mol. The van der Waals surface area contributed by atoms with Crippen LogP contribution in [0.25, 0.3) is 0 Å². The molecule has 80 valence electrons. The van der Waals surface area contributed by atoms with Crippen LogP contribution in [0.15, 0.2) is 24.3 Å². The molecule has 0 unspecified atom stereocenters. The lowest BCUT2D eigenvalue weighted by molar-refractivity contribution is -0.305. The van der Waals surface area contributed by atoms with Gasteiger partial charge in [0.1, 0.15) is 0 Å². The number of rotatable bonds is 5. The molecule has 15 heavy (non-hydrogen) atoms. The zero-order valence-electron chi connectivity index (χ0n) is 7.86. The first kappa shape index (κ1) is 11.0. The van der Waals surface area contributed by atoms with Crippen LogP contribution < -0.4 is 15.5 Å². The van der Waals surface area contributed by atoms with E-state index in [9.17, 15) is 19.8 Å². The number of nitrogens with one attached hydrogen (secondary N) is 1. The smallest absolute Gasteiger partial charge is 0.0715 e. The summed E-state index contributed by atoms with van der Waals surface area (Å²) < 4.78 is 0. The Hall–Kier alpha value is -2.04. The molecule has 0 saturated carbocycles. The molecule has 0 amide bonds. The van der Waals surface area contributed by atoms with Crippen LogP contribution in [0.1, 0.15) is 16.8 Å². The van der Waals surface area contributed by atoms with Crippen molar-refractivity contribution in [1.82, 2.24) is 0 Å². The van der Waals surface area contributed by atoms with Gasteiger partial charge in [-0.2, -0.15) is 0 Å². The van der Waals surface area contributed by atoms with Crippen LogP contribution >= 0.6 is 0 Å². The molecule has 1 rings (SSSR count). The number of hydrogen-bond donors (Lipinski definition) is 1. The van der Waals surface area contributed by atoms with Crippen molar-refractivity contribution in [3.63, 3.8) is 0 Å². The molecule has 0 aliphatic heterocycles. The van der Waals surface area contributed by atoms with Crippen LogP contribution in [-0.4, -0.2) is 18.5 Å². The van der Waals surface area contributed by atoms with E-state index in [4.69, 9.17) is 0 Å². The molecular weight excluding hydrogens is 198 g/mol. The predicted molar refractivity (Wildman–Crippen MR) is 48.9 cm³/mol. The maximum Gasteiger partial charge on any atom is 0.0715 e. The molecule has 5 heteroatoms. The first-order valence-corrected chi connectivity index (χ1v) is 4.34. The lowest BCUT2D eigenvalue weighted by atomic mass is 10.2. The second kappa shape index (κ2) is 4.99. The Labute approximate surface area is 86.4 Å². The lowest BCUT2D eigenvalue weighted by Gasteiger charge is -2.08. The summed E-state index contributed by atoms with van der Waals surface area (Å²) in [5.41, 5.74) is 0.738. The van der Waals surface area contributed by atoms with Crippen LogP contribution in [0.3, 0.4) is 0 Å². The molecule has 1 aromatic carbocycles. The van der Waals surface area contributed by atoms with Crippen molar-refractivity contribution >= 4 is 17.6 Å². The fourth-order valence-electron chi connectivity index (χ4n) is 1.03. The van der Waals surface area contributed by atoms with Gasteiger partial charge in [-0.15, -0.1) is 0 Å². The van der Waals surface area contributed by atoms with Crippen LogP contribution in [0.4, 0.5) is 5.69 Å². The van der Waals surface area contributed by atoms with Crippen molar-refractivity contribution < 1.29 is 19.8 Å². The molecule has 0 aliphatic carbocycles. The Kier molecular flexibility index (Phi) is 3.68. The third kappa shape index (κ3) is 3.68. The topological polar surface area (TPSA) is 92.3 Å². The molecular formula is C10H9NO4-2. The summed E-state index contributed by atoms with van der Waals surface area (Å²) in [4.78, 5) is 20.5. The van der Waals surface area contributed by atoms with Gasteiger partial charge in [0.25, 0.3) is 0 Å². The maximum absolute atomic E-state index is 10.4. The molecule has 0 bridgehead atoms. The average molecular weight is 207 g/mol. The minimum Gasteiger partial charge on any atom is -0.550 e. The Morgan fingerprint density at radius 3 is 2.20 bits per heavy atom. The van der Waals surface area contributed by atoms with Crippen LogP contribution in [0.5, 0.6) is 0 Å². The molecule has 0 radical (unpaired) electrons. The van der Waals surface area contributed by atoms with Gasteiger partial charge in [-0.1, -0.05) is 12.1 Å². The molecule has 1 aromatic rings. The SMILES string of the molecule is O=C([O-])CCNc1ccc(C(=O)[O-])cc1. The van der Waals surface area contributed by atoms with Crippen molar-refractivity contribution in [3.05, 3.63) is 29.8 Å². The average Bonchev–Trinajstić information content (AvgIpc) is 2.18. The highest BCUT2D eigenvalue weighted by Crippen LogP contribution is 2.08. The third-order valence-corrected chi connectivity index (χ3v) is 1.78. The van der Waals surface area contributed by atoms with Gasteiger partial charge in [0.2, 0.25) is 0 Å².